The van der Waals surface area contributed by atoms with E-state index < -0.39 is 5.97 Å². The van der Waals surface area contributed by atoms with Crippen molar-refractivity contribution < 1.29 is 14.3 Å². The van der Waals surface area contributed by atoms with Crippen LogP contribution in [-0.4, -0.2) is 24.5 Å². The van der Waals surface area contributed by atoms with Gasteiger partial charge in [-0.2, -0.15) is 0 Å². The highest BCUT2D eigenvalue weighted by Crippen LogP contribution is 2.35. The number of hydrogen-bond acceptors (Lipinski definition) is 4. The highest BCUT2D eigenvalue weighted by atomic mass is 35.5. The molecular weight excluding hydrogens is 399 g/mol. The van der Waals surface area contributed by atoms with Gasteiger partial charge >= 0.3 is 5.97 Å². The summed E-state index contributed by atoms with van der Waals surface area (Å²) in [7, 11) is 0. The van der Waals surface area contributed by atoms with Crippen LogP contribution in [0.3, 0.4) is 0 Å². The smallest absolute Gasteiger partial charge is 0.326 e. The molecule has 0 atom stereocenters. The number of rotatable bonds is 7. The van der Waals surface area contributed by atoms with Gasteiger partial charge in [0.1, 0.15) is 6.54 Å². The van der Waals surface area contributed by atoms with E-state index in [1.165, 1.54) is 6.92 Å². The molecule has 0 fully saturated rings. The molecule has 0 saturated heterocycles. The molecular formula is C21H22Cl2N2O3. The van der Waals surface area contributed by atoms with Gasteiger partial charge in [-0.3, -0.25) is 9.59 Å². The molecule has 0 heterocycles. The summed E-state index contributed by atoms with van der Waals surface area (Å²) in [5, 5.41) is 3.55. The number of ether oxygens (including phenoxy) is 1. The van der Waals surface area contributed by atoms with Crippen LogP contribution in [0.4, 0.5) is 11.4 Å². The van der Waals surface area contributed by atoms with Crippen molar-refractivity contribution in [2.45, 2.75) is 26.9 Å². The number of carbonyl (C=O) groups excluding carboxylic acids is 2. The van der Waals surface area contributed by atoms with E-state index in [9.17, 15) is 9.59 Å². The fourth-order valence-corrected chi connectivity index (χ4v) is 3.25. The largest absolute Gasteiger partial charge is 0.462 e. The van der Waals surface area contributed by atoms with Gasteiger partial charge in [0.25, 0.3) is 0 Å². The second kappa shape index (κ2) is 9.62. The van der Waals surface area contributed by atoms with Crippen LogP contribution < -0.4 is 10.2 Å². The molecule has 2 aromatic carbocycles. The van der Waals surface area contributed by atoms with Crippen LogP contribution in [0.25, 0.3) is 5.70 Å². The second-order valence-electron chi connectivity index (χ2n) is 6.40. The number of amides is 1. The predicted octanol–water partition coefficient (Wildman–Crippen LogP) is 5.38. The van der Waals surface area contributed by atoms with Gasteiger partial charge in [0, 0.05) is 29.6 Å². The quantitative estimate of drug-likeness (QED) is 0.610. The lowest BCUT2D eigenvalue weighted by atomic mass is 10.1. The van der Waals surface area contributed by atoms with Gasteiger partial charge in [-0.15, -0.1) is 0 Å². The maximum absolute atomic E-state index is 12.4. The molecule has 1 N–H and O–H groups in total. The Hall–Kier alpha value is -2.50. The topological polar surface area (TPSA) is 58.6 Å². The Bertz CT molecular complexity index is 877. The van der Waals surface area contributed by atoms with Crippen LogP contribution in [0, 0.1) is 0 Å². The minimum atomic E-state index is -0.427. The number of hydrogen-bond donors (Lipinski definition) is 1. The lowest BCUT2D eigenvalue weighted by Gasteiger charge is -2.28. The molecule has 0 bridgehead atoms. The van der Waals surface area contributed by atoms with Gasteiger partial charge in [-0.05, 0) is 44.2 Å². The number of carbonyl (C=O) groups is 2. The summed E-state index contributed by atoms with van der Waals surface area (Å²) in [6.07, 6.45) is -0.253. The number of anilines is 2. The molecule has 0 aromatic heterocycles. The van der Waals surface area contributed by atoms with Crippen molar-refractivity contribution in [3.05, 3.63) is 64.7 Å². The average Bonchev–Trinajstić information content (AvgIpc) is 2.58. The fraction of sp³-hybridized carbons (Fsp3) is 0.238. The van der Waals surface area contributed by atoms with Gasteiger partial charge in [-0.25, -0.2) is 0 Å². The van der Waals surface area contributed by atoms with Gasteiger partial charge in [-0.1, -0.05) is 41.9 Å². The Labute approximate surface area is 174 Å². The zero-order valence-electron chi connectivity index (χ0n) is 16.0. The van der Waals surface area contributed by atoms with Crippen molar-refractivity contribution in [2.75, 3.05) is 16.8 Å². The number of nitrogens with one attached hydrogen (secondary N) is 1. The van der Waals surface area contributed by atoms with Crippen molar-refractivity contribution in [3.63, 3.8) is 0 Å². The maximum Gasteiger partial charge on any atom is 0.326 e. The summed E-state index contributed by atoms with van der Waals surface area (Å²) in [6, 6.07) is 12.2. The summed E-state index contributed by atoms with van der Waals surface area (Å²) in [6.45, 7) is 8.99. The highest BCUT2D eigenvalue weighted by Gasteiger charge is 2.21. The number of benzene rings is 2. The van der Waals surface area contributed by atoms with E-state index >= 15 is 0 Å². The Balaban J connectivity index is 2.46. The molecule has 2 aromatic rings. The van der Waals surface area contributed by atoms with E-state index in [2.05, 4.69) is 11.9 Å². The summed E-state index contributed by atoms with van der Waals surface area (Å²) in [5.41, 5.74) is 2.18. The highest BCUT2D eigenvalue weighted by molar-refractivity contribution is 6.37. The van der Waals surface area contributed by atoms with Crippen molar-refractivity contribution >= 4 is 52.2 Å². The molecule has 28 heavy (non-hydrogen) atoms. The summed E-state index contributed by atoms with van der Waals surface area (Å²) >= 11 is 12.7. The van der Waals surface area contributed by atoms with Crippen molar-refractivity contribution in [2.24, 2.45) is 0 Å². The van der Waals surface area contributed by atoms with E-state index in [-0.39, 0.29) is 18.6 Å². The monoisotopic (exact) mass is 420 g/mol. The van der Waals surface area contributed by atoms with Gasteiger partial charge in [0.05, 0.1) is 16.1 Å². The zero-order valence-corrected chi connectivity index (χ0v) is 17.5. The van der Waals surface area contributed by atoms with Crippen molar-refractivity contribution in [1.29, 1.82) is 0 Å². The van der Waals surface area contributed by atoms with Gasteiger partial charge in [0.2, 0.25) is 5.91 Å². The first kappa shape index (κ1) is 21.8. The Morgan fingerprint density at radius 2 is 1.75 bits per heavy atom. The summed E-state index contributed by atoms with van der Waals surface area (Å²) in [4.78, 5) is 25.4. The van der Waals surface area contributed by atoms with Crippen LogP contribution in [0.1, 0.15) is 26.3 Å². The van der Waals surface area contributed by atoms with Crippen molar-refractivity contribution in [1.82, 2.24) is 0 Å². The third kappa shape index (κ3) is 5.75. The number of esters is 1. The molecule has 148 valence electrons. The molecule has 0 unspecified atom stereocenters. The molecule has 5 nitrogen and oxygen atoms in total. The third-order valence-corrected chi connectivity index (χ3v) is 4.34. The predicted molar refractivity (Wildman–Crippen MR) is 115 cm³/mol. The molecule has 0 aliphatic heterocycles. The molecule has 0 aliphatic rings. The fourth-order valence-electron chi connectivity index (χ4n) is 2.64. The average molecular weight is 421 g/mol. The Morgan fingerprint density at radius 3 is 2.32 bits per heavy atom. The zero-order chi connectivity index (χ0) is 20.8. The minimum Gasteiger partial charge on any atom is -0.462 e. The first-order valence-corrected chi connectivity index (χ1v) is 9.42. The van der Waals surface area contributed by atoms with Crippen LogP contribution >= 0.6 is 23.2 Å². The molecule has 0 radical (unpaired) electrons. The lowest BCUT2D eigenvalue weighted by Crippen LogP contribution is -2.31. The maximum atomic E-state index is 12.4. The van der Waals surface area contributed by atoms with Crippen molar-refractivity contribution in [3.8, 4) is 0 Å². The summed E-state index contributed by atoms with van der Waals surface area (Å²) < 4.78 is 5.29. The third-order valence-electron chi connectivity index (χ3n) is 3.71. The standard InChI is InChI=1S/C21H22Cl2N2O3/c1-13(2)28-20(27)12-25(14(3)21-18(22)9-6-10-19(21)23)17-8-5-7-16(11-17)24-15(4)26/h5-11,13H,3,12H2,1-2,4H3,(H,24,26). The van der Waals surface area contributed by atoms with E-state index in [1.807, 2.05) is 0 Å². The van der Waals surface area contributed by atoms with Crippen LogP contribution in [0.15, 0.2) is 49.0 Å². The second-order valence-corrected chi connectivity index (χ2v) is 7.21. The Morgan fingerprint density at radius 1 is 1.14 bits per heavy atom. The first-order valence-electron chi connectivity index (χ1n) is 8.67. The Kier molecular flexibility index (Phi) is 7.49. The van der Waals surface area contributed by atoms with Crippen LogP contribution in [0.5, 0.6) is 0 Å². The first-order chi connectivity index (χ1) is 13.2. The number of halogens is 2. The normalized spacial score (nSPS) is 10.5. The summed E-state index contributed by atoms with van der Waals surface area (Å²) in [5.74, 6) is -0.625. The van der Waals surface area contributed by atoms with Crippen LogP contribution in [0.2, 0.25) is 10.0 Å². The lowest BCUT2D eigenvalue weighted by molar-refractivity contribution is -0.145. The van der Waals surface area contributed by atoms with Gasteiger partial charge < -0.3 is 15.0 Å². The molecule has 0 aliphatic carbocycles. The number of nitrogens with zero attached hydrogens (tertiary/aromatic N) is 1. The van der Waals surface area contributed by atoms with Gasteiger partial charge in [0.15, 0.2) is 0 Å². The SMILES string of the molecule is C=C(c1c(Cl)cccc1Cl)N(CC(=O)OC(C)C)c1cccc(NC(C)=O)c1. The van der Waals surface area contributed by atoms with E-state index in [0.717, 1.165) is 0 Å². The minimum absolute atomic E-state index is 0.0951. The van der Waals surface area contributed by atoms with E-state index in [4.69, 9.17) is 27.9 Å². The molecule has 0 spiro atoms. The van der Waals surface area contributed by atoms with E-state index in [0.29, 0.717) is 32.7 Å². The molecule has 0 saturated carbocycles. The molecule has 7 heteroatoms. The van der Waals surface area contributed by atoms with Crippen LogP contribution in [-0.2, 0) is 14.3 Å². The molecule has 2 rings (SSSR count). The van der Waals surface area contributed by atoms with E-state index in [1.54, 1.807) is 61.2 Å². The molecule has 1 amide bonds.